The predicted molar refractivity (Wildman–Crippen MR) is 87.0 cm³/mol. The van der Waals surface area contributed by atoms with Gasteiger partial charge in [0.2, 0.25) is 0 Å². The molecular weight excluding hydrogens is 244 g/mol. The van der Waals surface area contributed by atoms with Gasteiger partial charge in [0.25, 0.3) is 0 Å². The van der Waals surface area contributed by atoms with Crippen molar-refractivity contribution in [2.45, 2.75) is 32.9 Å². The van der Waals surface area contributed by atoms with Crippen molar-refractivity contribution >= 4 is 5.69 Å². The minimum absolute atomic E-state index is 0.00996. The Labute approximate surface area is 122 Å². The van der Waals surface area contributed by atoms with Crippen LogP contribution in [-0.2, 0) is 0 Å². The maximum absolute atomic E-state index is 6.46. The average molecular weight is 268 g/mol. The van der Waals surface area contributed by atoms with Crippen molar-refractivity contribution in [3.63, 3.8) is 0 Å². The molecule has 0 saturated heterocycles. The first kappa shape index (κ1) is 14.6. The minimum Gasteiger partial charge on any atom is -0.367 e. The normalized spacial score (nSPS) is 13.8. The lowest BCUT2D eigenvalue weighted by molar-refractivity contribution is 0.539. The number of hydrogen-bond donors (Lipinski definition) is 1. The van der Waals surface area contributed by atoms with Crippen LogP contribution in [0.25, 0.3) is 0 Å². The Morgan fingerprint density at radius 3 is 2.20 bits per heavy atom. The van der Waals surface area contributed by atoms with E-state index in [1.54, 1.807) is 0 Å². The van der Waals surface area contributed by atoms with E-state index < -0.39 is 0 Å². The Kier molecular flexibility index (Phi) is 4.80. The maximum Gasteiger partial charge on any atom is 0.0499 e. The highest BCUT2D eigenvalue weighted by Gasteiger charge is 2.21. The zero-order valence-electron chi connectivity index (χ0n) is 12.6. The molecule has 0 spiro atoms. The van der Waals surface area contributed by atoms with Gasteiger partial charge in [0, 0.05) is 24.3 Å². The summed E-state index contributed by atoms with van der Waals surface area (Å²) < 4.78 is 0. The Bertz CT molecular complexity index is 536. The molecule has 0 amide bonds. The highest BCUT2D eigenvalue weighted by Crippen LogP contribution is 2.26. The van der Waals surface area contributed by atoms with Crippen LogP contribution in [0.15, 0.2) is 54.6 Å². The summed E-state index contributed by atoms with van der Waals surface area (Å²) in [6, 6.07) is 19.1. The molecule has 2 aromatic carbocycles. The lowest BCUT2D eigenvalue weighted by Gasteiger charge is -2.35. The molecule has 0 heterocycles. The van der Waals surface area contributed by atoms with Crippen LogP contribution in [0.5, 0.6) is 0 Å². The molecule has 2 atom stereocenters. The molecule has 0 aliphatic carbocycles. The highest BCUT2D eigenvalue weighted by molar-refractivity contribution is 5.54. The number of hydrogen-bond acceptors (Lipinski definition) is 2. The predicted octanol–water partition coefficient (Wildman–Crippen LogP) is 3.91. The fourth-order valence-electron chi connectivity index (χ4n) is 2.71. The second-order valence-electron chi connectivity index (χ2n) is 5.25. The number of aryl methyl sites for hydroxylation is 1. The molecule has 2 unspecified atom stereocenters. The Balaban J connectivity index is 2.26. The van der Waals surface area contributed by atoms with Gasteiger partial charge in [-0.1, -0.05) is 48.5 Å². The molecule has 0 aromatic heterocycles. The van der Waals surface area contributed by atoms with Crippen molar-refractivity contribution in [2.75, 3.05) is 11.4 Å². The van der Waals surface area contributed by atoms with Crippen molar-refractivity contribution in [3.8, 4) is 0 Å². The number of likely N-dealkylation sites (N-methyl/N-ethyl adjacent to an activating group) is 1. The van der Waals surface area contributed by atoms with E-state index in [4.69, 9.17) is 5.73 Å². The molecule has 2 heteroatoms. The summed E-state index contributed by atoms with van der Waals surface area (Å²) in [6.07, 6.45) is 0. The number of benzene rings is 2. The summed E-state index contributed by atoms with van der Waals surface area (Å²) in [5, 5.41) is 0. The van der Waals surface area contributed by atoms with Gasteiger partial charge in [-0.3, -0.25) is 0 Å². The monoisotopic (exact) mass is 268 g/mol. The fourth-order valence-corrected chi connectivity index (χ4v) is 2.71. The number of nitrogens with zero attached hydrogens (tertiary/aromatic N) is 1. The molecule has 0 aliphatic heterocycles. The number of para-hydroxylation sites is 1. The fraction of sp³-hybridized carbons (Fsp3) is 0.333. The van der Waals surface area contributed by atoms with Gasteiger partial charge in [0.15, 0.2) is 0 Å². The molecule has 2 rings (SSSR count). The molecule has 20 heavy (non-hydrogen) atoms. The quantitative estimate of drug-likeness (QED) is 0.891. The van der Waals surface area contributed by atoms with Crippen LogP contribution in [0.1, 0.15) is 31.0 Å². The molecular formula is C18H24N2. The van der Waals surface area contributed by atoms with E-state index in [0.29, 0.717) is 0 Å². The van der Waals surface area contributed by atoms with Gasteiger partial charge in [-0.2, -0.15) is 0 Å². The summed E-state index contributed by atoms with van der Waals surface area (Å²) in [4.78, 5) is 2.38. The second-order valence-corrected chi connectivity index (χ2v) is 5.25. The van der Waals surface area contributed by atoms with E-state index in [0.717, 1.165) is 6.54 Å². The van der Waals surface area contributed by atoms with Gasteiger partial charge in [-0.15, -0.1) is 0 Å². The van der Waals surface area contributed by atoms with Gasteiger partial charge in [0.1, 0.15) is 0 Å². The van der Waals surface area contributed by atoms with E-state index >= 15 is 0 Å². The number of rotatable bonds is 5. The number of nitrogens with two attached hydrogens (primary N) is 1. The number of anilines is 1. The first-order valence-electron chi connectivity index (χ1n) is 7.28. The smallest absolute Gasteiger partial charge is 0.0499 e. The molecule has 0 saturated carbocycles. The summed E-state index contributed by atoms with van der Waals surface area (Å²) in [5.74, 6) is 0. The van der Waals surface area contributed by atoms with Crippen LogP contribution in [-0.4, -0.2) is 12.6 Å². The van der Waals surface area contributed by atoms with E-state index in [-0.39, 0.29) is 12.1 Å². The summed E-state index contributed by atoms with van der Waals surface area (Å²) in [6.45, 7) is 7.49. The van der Waals surface area contributed by atoms with Crippen molar-refractivity contribution in [3.05, 3.63) is 65.7 Å². The Morgan fingerprint density at radius 1 is 1.00 bits per heavy atom. The lowest BCUT2D eigenvalue weighted by atomic mass is 9.99. The molecule has 0 fully saturated rings. The van der Waals surface area contributed by atoms with Crippen LogP contribution >= 0.6 is 0 Å². The topological polar surface area (TPSA) is 29.3 Å². The van der Waals surface area contributed by atoms with Crippen LogP contribution in [0.4, 0.5) is 5.69 Å². The van der Waals surface area contributed by atoms with Crippen LogP contribution in [0.2, 0.25) is 0 Å². The van der Waals surface area contributed by atoms with Gasteiger partial charge in [0.05, 0.1) is 0 Å². The Hall–Kier alpha value is -1.80. The van der Waals surface area contributed by atoms with Gasteiger partial charge >= 0.3 is 0 Å². The molecule has 106 valence electrons. The van der Waals surface area contributed by atoms with E-state index in [9.17, 15) is 0 Å². The molecule has 2 aromatic rings. The van der Waals surface area contributed by atoms with Crippen LogP contribution in [0.3, 0.4) is 0 Å². The third-order valence-electron chi connectivity index (χ3n) is 3.96. The highest BCUT2D eigenvalue weighted by atomic mass is 15.2. The summed E-state index contributed by atoms with van der Waals surface area (Å²) in [5.41, 5.74) is 10.2. The second kappa shape index (κ2) is 6.58. The van der Waals surface area contributed by atoms with E-state index in [2.05, 4.69) is 62.1 Å². The SMILES string of the molecule is CCN(c1ccccc1C)C(C)C(N)c1ccccc1. The van der Waals surface area contributed by atoms with Gasteiger partial charge in [-0.05, 0) is 38.0 Å². The standard InChI is InChI=1S/C18H24N2/c1-4-20(17-13-9-8-10-14(17)2)15(3)18(19)16-11-6-5-7-12-16/h5-13,15,18H,4,19H2,1-3H3. The van der Waals surface area contributed by atoms with Gasteiger partial charge < -0.3 is 10.6 Å². The van der Waals surface area contributed by atoms with Crippen molar-refractivity contribution in [2.24, 2.45) is 5.73 Å². The van der Waals surface area contributed by atoms with Gasteiger partial charge in [-0.25, -0.2) is 0 Å². The van der Waals surface area contributed by atoms with Crippen molar-refractivity contribution < 1.29 is 0 Å². The van der Waals surface area contributed by atoms with Crippen molar-refractivity contribution in [1.82, 2.24) is 0 Å². The third kappa shape index (κ3) is 3.02. The van der Waals surface area contributed by atoms with E-state index in [1.807, 2.05) is 18.2 Å². The average Bonchev–Trinajstić information content (AvgIpc) is 2.50. The first-order chi connectivity index (χ1) is 9.65. The zero-order valence-corrected chi connectivity index (χ0v) is 12.6. The molecule has 2 nitrogen and oxygen atoms in total. The molecule has 0 bridgehead atoms. The largest absolute Gasteiger partial charge is 0.367 e. The molecule has 0 radical (unpaired) electrons. The molecule has 0 aliphatic rings. The van der Waals surface area contributed by atoms with Crippen LogP contribution < -0.4 is 10.6 Å². The first-order valence-corrected chi connectivity index (χ1v) is 7.28. The van der Waals surface area contributed by atoms with Crippen molar-refractivity contribution in [1.29, 1.82) is 0 Å². The summed E-state index contributed by atoms with van der Waals surface area (Å²) in [7, 11) is 0. The minimum atomic E-state index is 0.00996. The lowest BCUT2D eigenvalue weighted by Crippen LogP contribution is -2.41. The van der Waals surface area contributed by atoms with E-state index in [1.165, 1.54) is 16.8 Å². The zero-order chi connectivity index (χ0) is 14.5. The Morgan fingerprint density at radius 2 is 1.60 bits per heavy atom. The third-order valence-corrected chi connectivity index (χ3v) is 3.96. The summed E-state index contributed by atoms with van der Waals surface area (Å²) >= 11 is 0. The van der Waals surface area contributed by atoms with Crippen LogP contribution in [0, 0.1) is 6.92 Å². The maximum atomic E-state index is 6.46. The molecule has 2 N–H and O–H groups in total.